The Kier molecular flexibility index (Phi) is 4.34. The molecule has 3 rings (SSSR count). The Morgan fingerprint density at radius 3 is 2.91 bits per heavy atom. The highest BCUT2D eigenvalue weighted by Gasteiger charge is 2.25. The molecule has 2 aromatic rings. The lowest BCUT2D eigenvalue weighted by atomic mass is 9.96. The molecule has 1 aliphatic heterocycles. The predicted molar refractivity (Wildman–Crippen MR) is 85.3 cm³/mol. The molecule has 2 heterocycles. The van der Waals surface area contributed by atoms with Gasteiger partial charge in [-0.15, -0.1) is 0 Å². The molecule has 0 unspecified atom stereocenters. The number of ether oxygens (including phenoxy) is 2. The van der Waals surface area contributed by atoms with Crippen molar-refractivity contribution >= 4 is 22.8 Å². The van der Waals surface area contributed by atoms with E-state index in [4.69, 9.17) is 9.47 Å². The number of aromatic amines is 1. The second-order valence-corrected chi connectivity index (χ2v) is 5.66. The second-order valence-electron chi connectivity index (χ2n) is 5.66. The van der Waals surface area contributed by atoms with Crippen LogP contribution in [-0.2, 0) is 20.7 Å². The number of carbonyl (C=O) groups excluding carboxylic acids is 2. The molecule has 0 bridgehead atoms. The van der Waals surface area contributed by atoms with Crippen LogP contribution in [0.3, 0.4) is 0 Å². The summed E-state index contributed by atoms with van der Waals surface area (Å²) in [4.78, 5) is 26.1. The third-order valence-electron chi connectivity index (χ3n) is 4.17. The van der Waals surface area contributed by atoms with Crippen molar-refractivity contribution in [3.05, 3.63) is 29.5 Å². The third kappa shape index (κ3) is 3.07. The summed E-state index contributed by atoms with van der Waals surface area (Å²) in [6.45, 7) is 2.24. The molecule has 0 fully saturated rings. The van der Waals surface area contributed by atoms with Crippen LogP contribution in [0.2, 0.25) is 0 Å². The number of hydrogen-bond acceptors (Lipinski definition) is 5. The van der Waals surface area contributed by atoms with E-state index in [1.807, 2.05) is 12.1 Å². The number of hydrogen-bond donors (Lipinski definition) is 2. The summed E-state index contributed by atoms with van der Waals surface area (Å²) in [6, 6.07) is 5.76. The molecule has 2 N–H and O–H groups in total. The Balaban J connectivity index is 1.96. The average molecular weight is 316 g/mol. The Morgan fingerprint density at radius 1 is 1.35 bits per heavy atom. The van der Waals surface area contributed by atoms with Crippen LogP contribution in [-0.4, -0.2) is 30.6 Å². The van der Waals surface area contributed by atoms with E-state index in [2.05, 4.69) is 10.3 Å². The van der Waals surface area contributed by atoms with Gasteiger partial charge < -0.3 is 19.8 Å². The van der Waals surface area contributed by atoms with E-state index in [-0.39, 0.29) is 18.0 Å². The minimum atomic E-state index is -0.342. The van der Waals surface area contributed by atoms with Gasteiger partial charge in [0, 0.05) is 30.5 Å². The van der Waals surface area contributed by atoms with Gasteiger partial charge in [-0.25, -0.2) is 0 Å². The highest BCUT2D eigenvalue weighted by Crippen LogP contribution is 2.35. The second kappa shape index (κ2) is 6.42. The van der Waals surface area contributed by atoms with Gasteiger partial charge in [0.1, 0.15) is 0 Å². The van der Waals surface area contributed by atoms with Gasteiger partial charge in [-0.2, -0.15) is 0 Å². The number of esters is 2. The Bertz CT molecular complexity index is 750. The normalized spacial score (nSPS) is 16.9. The van der Waals surface area contributed by atoms with Crippen molar-refractivity contribution < 1.29 is 19.1 Å². The molecule has 0 saturated carbocycles. The Morgan fingerprint density at radius 2 is 2.17 bits per heavy atom. The number of rotatable bonds is 4. The molecule has 0 amide bonds. The van der Waals surface area contributed by atoms with E-state index < -0.39 is 0 Å². The number of methoxy groups -OCH3 is 1. The third-order valence-corrected chi connectivity index (χ3v) is 4.17. The molecule has 23 heavy (non-hydrogen) atoms. The minimum absolute atomic E-state index is 0.0652. The number of aromatic nitrogens is 1. The van der Waals surface area contributed by atoms with Crippen LogP contribution in [0.4, 0.5) is 0 Å². The molecule has 1 aromatic heterocycles. The fraction of sp³-hybridized carbons (Fsp3) is 0.412. The van der Waals surface area contributed by atoms with Gasteiger partial charge in [-0.1, -0.05) is 12.1 Å². The summed E-state index contributed by atoms with van der Waals surface area (Å²) in [7, 11) is 1.40. The van der Waals surface area contributed by atoms with E-state index in [0.29, 0.717) is 18.6 Å². The number of carbonyl (C=O) groups is 2. The van der Waals surface area contributed by atoms with Crippen LogP contribution in [0, 0.1) is 0 Å². The maximum atomic E-state index is 11.4. The highest BCUT2D eigenvalue weighted by atomic mass is 16.5. The molecule has 0 radical (unpaired) electrons. The molecular weight excluding hydrogens is 296 g/mol. The van der Waals surface area contributed by atoms with Crippen LogP contribution in [0.15, 0.2) is 18.2 Å². The summed E-state index contributed by atoms with van der Waals surface area (Å²) in [6.07, 6.45) is 1.92. The topological polar surface area (TPSA) is 80.4 Å². The fourth-order valence-electron chi connectivity index (χ4n) is 3.16. The van der Waals surface area contributed by atoms with E-state index in [0.717, 1.165) is 29.6 Å². The fourth-order valence-corrected chi connectivity index (χ4v) is 3.16. The molecular formula is C17H20N2O4. The van der Waals surface area contributed by atoms with E-state index in [1.54, 1.807) is 6.07 Å². The van der Waals surface area contributed by atoms with Crippen molar-refractivity contribution in [2.24, 2.45) is 0 Å². The number of nitrogens with one attached hydrogen (secondary N) is 2. The first-order chi connectivity index (χ1) is 11.1. The number of fused-ring (bicyclic) bond motifs is 3. The van der Waals surface area contributed by atoms with Crippen LogP contribution < -0.4 is 10.1 Å². The maximum absolute atomic E-state index is 11.4. The highest BCUT2D eigenvalue weighted by molar-refractivity contribution is 5.91. The SMILES string of the molecule is COC(=O)CC[C@@H]1NCCc2c1[nH]c1c(OC(C)=O)cccc21. The van der Waals surface area contributed by atoms with Crippen molar-refractivity contribution in [1.29, 1.82) is 0 Å². The first-order valence-electron chi connectivity index (χ1n) is 7.72. The zero-order valence-electron chi connectivity index (χ0n) is 13.3. The summed E-state index contributed by atoms with van der Waals surface area (Å²) in [5, 5.41) is 4.50. The monoisotopic (exact) mass is 316 g/mol. The zero-order chi connectivity index (χ0) is 16.4. The smallest absolute Gasteiger partial charge is 0.308 e. The quantitative estimate of drug-likeness (QED) is 0.668. The lowest BCUT2D eigenvalue weighted by Crippen LogP contribution is -2.30. The van der Waals surface area contributed by atoms with Crippen LogP contribution >= 0.6 is 0 Å². The van der Waals surface area contributed by atoms with Gasteiger partial charge in [0.15, 0.2) is 5.75 Å². The van der Waals surface area contributed by atoms with Crippen molar-refractivity contribution in [2.45, 2.75) is 32.2 Å². The van der Waals surface area contributed by atoms with Crippen LogP contribution in [0.5, 0.6) is 5.75 Å². The number of benzene rings is 1. The summed E-state index contributed by atoms with van der Waals surface area (Å²) in [5.41, 5.74) is 3.12. The van der Waals surface area contributed by atoms with E-state index in [1.165, 1.54) is 19.6 Å². The largest absolute Gasteiger partial charge is 0.469 e. The van der Waals surface area contributed by atoms with Gasteiger partial charge >= 0.3 is 11.9 Å². The molecule has 0 saturated heterocycles. The standard InChI is InChI=1S/C17H20N2O4/c1-10(20)23-14-5-3-4-11-12-8-9-18-13(6-7-15(21)22-2)16(12)19-17(11)14/h3-5,13,18-19H,6-9H2,1-2H3/t13-/m0/s1. The molecule has 1 aliphatic rings. The molecule has 1 aromatic carbocycles. The van der Waals surface area contributed by atoms with Crippen LogP contribution in [0.1, 0.15) is 37.1 Å². The molecule has 0 aliphatic carbocycles. The van der Waals surface area contributed by atoms with Crippen molar-refractivity contribution in [3.8, 4) is 5.75 Å². The predicted octanol–water partition coefficient (Wildman–Crippen LogP) is 2.23. The molecule has 0 spiro atoms. The molecule has 6 nitrogen and oxygen atoms in total. The average Bonchev–Trinajstić information content (AvgIpc) is 2.92. The first-order valence-corrected chi connectivity index (χ1v) is 7.72. The minimum Gasteiger partial charge on any atom is -0.469 e. The Labute approximate surface area is 134 Å². The van der Waals surface area contributed by atoms with E-state index in [9.17, 15) is 9.59 Å². The first kappa shape index (κ1) is 15.6. The van der Waals surface area contributed by atoms with Crippen LogP contribution in [0.25, 0.3) is 10.9 Å². The molecule has 122 valence electrons. The number of H-pyrrole nitrogens is 1. The van der Waals surface area contributed by atoms with Gasteiger partial charge in [0.25, 0.3) is 0 Å². The molecule has 1 atom stereocenters. The van der Waals surface area contributed by atoms with Crippen molar-refractivity contribution in [2.75, 3.05) is 13.7 Å². The van der Waals surface area contributed by atoms with E-state index >= 15 is 0 Å². The Hall–Kier alpha value is -2.34. The van der Waals surface area contributed by atoms with Gasteiger partial charge in [-0.3, -0.25) is 9.59 Å². The van der Waals surface area contributed by atoms with Crippen molar-refractivity contribution in [1.82, 2.24) is 10.3 Å². The number of para-hydroxylation sites is 1. The van der Waals surface area contributed by atoms with Crippen molar-refractivity contribution in [3.63, 3.8) is 0 Å². The van der Waals surface area contributed by atoms with Gasteiger partial charge in [0.2, 0.25) is 0 Å². The van der Waals surface area contributed by atoms with Gasteiger partial charge in [0.05, 0.1) is 12.6 Å². The molecule has 6 heteroatoms. The maximum Gasteiger partial charge on any atom is 0.308 e. The lowest BCUT2D eigenvalue weighted by Gasteiger charge is -2.24. The van der Waals surface area contributed by atoms with Gasteiger partial charge in [-0.05, 0) is 31.0 Å². The summed E-state index contributed by atoms with van der Waals surface area (Å²) >= 11 is 0. The summed E-state index contributed by atoms with van der Waals surface area (Å²) in [5.74, 6) is -0.0165. The zero-order valence-corrected chi connectivity index (χ0v) is 13.3. The summed E-state index contributed by atoms with van der Waals surface area (Å²) < 4.78 is 10.0. The lowest BCUT2D eigenvalue weighted by molar-refractivity contribution is -0.140.